The molecule has 0 atom stereocenters. The van der Waals surface area contributed by atoms with Gasteiger partial charge in [0.1, 0.15) is 12.3 Å². The third kappa shape index (κ3) is 3.71. The van der Waals surface area contributed by atoms with Crippen LogP contribution in [0.15, 0.2) is 42.5 Å². The Bertz CT molecular complexity index is 966. The molecule has 6 nitrogen and oxygen atoms in total. The van der Waals surface area contributed by atoms with Crippen molar-refractivity contribution in [2.24, 2.45) is 5.73 Å². The molecule has 2 aromatic carbocycles. The fourth-order valence-electron chi connectivity index (χ4n) is 2.63. The smallest absolute Gasteiger partial charge is 0.422 e. The molecular weight excluding hydrogens is 349 g/mol. The van der Waals surface area contributed by atoms with Crippen LogP contribution < -0.4 is 16.2 Å². The molecule has 3 rings (SSSR count). The lowest BCUT2D eigenvalue weighted by Gasteiger charge is -2.13. The molecule has 0 spiro atoms. The number of alkyl halides is 3. The van der Waals surface area contributed by atoms with E-state index in [0.29, 0.717) is 22.0 Å². The predicted octanol–water partition coefficient (Wildman–Crippen LogP) is 2.71. The van der Waals surface area contributed by atoms with Gasteiger partial charge in [-0.2, -0.15) is 18.3 Å². The molecule has 0 unspecified atom stereocenters. The first kappa shape index (κ1) is 17.6. The summed E-state index contributed by atoms with van der Waals surface area (Å²) in [7, 11) is 0. The van der Waals surface area contributed by atoms with Gasteiger partial charge in [-0.25, -0.2) is 0 Å². The number of para-hydroxylation sites is 1. The maximum Gasteiger partial charge on any atom is 0.422 e. The second-order valence-electron chi connectivity index (χ2n) is 5.64. The van der Waals surface area contributed by atoms with E-state index in [1.54, 1.807) is 36.4 Å². The van der Waals surface area contributed by atoms with Gasteiger partial charge in [-0.05, 0) is 23.8 Å². The van der Waals surface area contributed by atoms with Crippen molar-refractivity contribution in [3.63, 3.8) is 0 Å². The molecule has 1 heterocycles. The lowest BCUT2D eigenvalue weighted by molar-refractivity contribution is -0.153. The number of carbonyl (C=O) groups excluding carboxylic acids is 1. The highest BCUT2D eigenvalue weighted by Crippen LogP contribution is 2.34. The number of rotatable bonds is 5. The van der Waals surface area contributed by atoms with Crippen LogP contribution in [-0.2, 0) is 11.3 Å². The number of anilines is 1. The molecule has 136 valence electrons. The summed E-state index contributed by atoms with van der Waals surface area (Å²) in [5.41, 5.74) is 12.7. The zero-order valence-electron chi connectivity index (χ0n) is 13.5. The number of nitrogens with two attached hydrogens (primary N) is 2. The average Bonchev–Trinajstić information content (AvgIpc) is 2.87. The number of hydrogen-bond acceptors (Lipinski definition) is 4. The molecule has 0 radical (unpaired) electrons. The van der Waals surface area contributed by atoms with Crippen LogP contribution in [-0.4, -0.2) is 28.5 Å². The summed E-state index contributed by atoms with van der Waals surface area (Å²) in [5, 5.41) is 4.68. The van der Waals surface area contributed by atoms with Crippen LogP contribution in [0.4, 0.5) is 19.0 Å². The fourth-order valence-corrected chi connectivity index (χ4v) is 2.63. The Balaban J connectivity index is 2.04. The minimum absolute atomic E-state index is 0.0955. The first-order valence-corrected chi connectivity index (χ1v) is 7.58. The fraction of sp³-hybridized carbons (Fsp3) is 0.176. The number of aromatic nitrogens is 2. The minimum atomic E-state index is -4.44. The summed E-state index contributed by atoms with van der Waals surface area (Å²) in [6, 6.07) is 11.4. The number of benzene rings is 2. The molecule has 0 fully saturated rings. The van der Waals surface area contributed by atoms with E-state index in [1.165, 1.54) is 10.7 Å². The normalized spacial score (nSPS) is 11.7. The molecule has 1 amide bonds. The van der Waals surface area contributed by atoms with Gasteiger partial charge in [0.15, 0.2) is 12.4 Å². The molecule has 0 aliphatic heterocycles. The van der Waals surface area contributed by atoms with E-state index in [9.17, 15) is 18.0 Å². The van der Waals surface area contributed by atoms with Crippen LogP contribution in [0.25, 0.3) is 22.0 Å². The second kappa shape index (κ2) is 6.58. The Kier molecular flexibility index (Phi) is 4.45. The largest absolute Gasteiger partial charge is 0.483 e. The van der Waals surface area contributed by atoms with Crippen molar-refractivity contribution >= 4 is 22.6 Å². The summed E-state index contributed by atoms with van der Waals surface area (Å²) < 4.78 is 43.7. The highest BCUT2D eigenvalue weighted by atomic mass is 19.4. The van der Waals surface area contributed by atoms with Crippen molar-refractivity contribution in [2.45, 2.75) is 12.7 Å². The minimum Gasteiger partial charge on any atom is -0.483 e. The number of amides is 1. The van der Waals surface area contributed by atoms with Crippen molar-refractivity contribution in [2.75, 3.05) is 12.3 Å². The van der Waals surface area contributed by atoms with Crippen molar-refractivity contribution in [3.05, 3.63) is 42.5 Å². The summed E-state index contributed by atoms with van der Waals surface area (Å²) in [5.74, 6) is -0.263. The van der Waals surface area contributed by atoms with E-state index in [1.807, 2.05) is 0 Å². The topological polar surface area (TPSA) is 96.2 Å². The average molecular weight is 364 g/mol. The number of halogens is 3. The van der Waals surface area contributed by atoms with Crippen LogP contribution in [0.3, 0.4) is 0 Å². The van der Waals surface area contributed by atoms with Crippen LogP contribution >= 0.6 is 0 Å². The second-order valence-corrected chi connectivity index (χ2v) is 5.64. The summed E-state index contributed by atoms with van der Waals surface area (Å²) in [6.45, 7) is -1.55. The van der Waals surface area contributed by atoms with Gasteiger partial charge in [0.05, 0.1) is 5.52 Å². The van der Waals surface area contributed by atoms with Crippen LogP contribution in [0, 0.1) is 0 Å². The Hall–Kier alpha value is -3.23. The van der Waals surface area contributed by atoms with E-state index in [4.69, 9.17) is 16.2 Å². The number of nitrogen functional groups attached to an aromatic ring is 1. The van der Waals surface area contributed by atoms with Crippen LogP contribution in [0.2, 0.25) is 0 Å². The third-order valence-electron chi connectivity index (χ3n) is 3.68. The molecule has 9 heteroatoms. The molecule has 3 aromatic rings. The maximum atomic E-state index is 12.5. The van der Waals surface area contributed by atoms with Crippen molar-refractivity contribution in [3.8, 4) is 16.9 Å². The van der Waals surface area contributed by atoms with Gasteiger partial charge in [-0.1, -0.05) is 24.3 Å². The van der Waals surface area contributed by atoms with E-state index >= 15 is 0 Å². The van der Waals surface area contributed by atoms with Gasteiger partial charge in [-0.3, -0.25) is 9.48 Å². The van der Waals surface area contributed by atoms with E-state index in [2.05, 4.69) is 5.10 Å². The quantitative estimate of drug-likeness (QED) is 0.728. The number of fused-ring (bicyclic) bond motifs is 1. The molecular formula is C17H15F3N4O2. The number of carbonyl (C=O) groups is 1. The molecule has 0 saturated carbocycles. The maximum absolute atomic E-state index is 12.5. The van der Waals surface area contributed by atoms with Gasteiger partial charge in [0, 0.05) is 10.9 Å². The molecule has 26 heavy (non-hydrogen) atoms. The number of ether oxygens (including phenoxy) is 1. The Labute approximate surface area is 146 Å². The summed E-state index contributed by atoms with van der Waals surface area (Å²) >= 11 is 0. The van der Waals surface area contributed by atoms with Crippen molar-refractivity contribution in [1.29, 1.82) is 0 Å². The molecule has 4 N–H and O–H groups in total. The summed E-state index contributed by atoms with van der Waals surface area (Å²) in [6.07, 6.45) is -4.44. The Morgan fingerprint density at radius 2 is 1.92 bits per heavy atom. The van der Waals surface area contributed by atoms with E-state index in [-0.39, 0.29) is 18.1 Å². The highest BCUT2D eigenvalue weighted by Gasteiger charge is 2.28. The zero-order chi connectivity index (χ0) is 18.9. The molecule has 1 aromatic heterocycles. The number of hydrogen-bond donors (Lipinski definition) is 2. The van der Waals surface area contributed by atoms with Crippen LogP contribution in [0.1, 0.15) is 0 Å². The van der Waals surface area contributed by atoms with Crippen molar-refractivity contribution in [1.82, 2.24) is 9.78 Å². The molecule has 0 bridgehead atoms. The monoisotopic (exact) mass is 364 g/mol. The Morgan fingerprint density at radius 3 is 2.62 bits per heavy atom. The summed E-state index contributed by atoms with van der Waals surface area (Å²) in [4.78, 5) is 11.2. The Morgan fingerprint density at radius 1 is 1.19 bits per heavy atom. The number of nitrogens with zero attached hydrogens (tertiary/aromatic N) is 2. The van der Waals surface area contributed by atoms with Gasteiger partial charge < -0.3 is 16.2 Å². The lowest BCUT2D eigenvalue weighted by Crippen LogP contribution is -2.19. The SMILES string of the molecule is NC(=O)Cn1nc(N)c2ccc(-c3ccccc3OCC(F)(F)F)cc21. The standard InChI is InChI=1S/C17H15F3N4O2/c18-17(19,20)9-26-14-4-2-1-3-11(14)10-5-6-12-13(7-10)24(8-15(21)25)23-16(12)22/h1-7H,8-9H2,(H2,21,25)(H2,22,23). The predicted molar refractivity (Wildman–Crippen MR) is 90.3 cm³/mol. The number of primary amides is 1. The van der Waals surface area contributed by atoms with Crippen LogP contribution in [0.5, 0.6) is 5.75 Å². The molecule has 0 saturated heterocycles. The van der Waals surface area contributed by atoms with Gasteiger partial charge >= 0.3 is 6.18 Å². The highest BCUT2D eigenvalue weighted by molar-refractivity contribution is 5.93. The molecule has 0 aliphatic carbocycles. The van der Waals surface area contributed by atoms with Gasteiger partial charge in [-0.15, -0.1) is 0 Å². The van der Waals surface area contributed by atoms with E-state index < -0.39 is 18.7 Å². The third-order valence-corrected chi connectivity index (χ3v) is 3.68. The molecule has 0 aliphatic rings. The lowest BCUT2D eigenvalue weighted by atomic mass is 10.0. The van der Waals surface area contributed by atoms with E-state index in [0.717, 1.165) is 0 Å². The first-order chi connectivity index (χ1) is 12.2. The zero-order valence-corrected chi connectivity index (χ0v) is 13.5. The van der Waals surface area contributed by atoms with Crippen molar-refractivity contribution < 1.29 is 22.7 Å². The van der Waals surface area contributed by atoms with Gasteiger partial charge in [0.25, 0.3) is 0 Å². The van der Waals surface area contributed by atoms with Gasteiger partial charge in [0.2, 0.25) is 5.91 Å². The first-order valence-electron chi connectivity index (χ1n) is 7.58.